The highest BCUT2D eigenvalue weighted by molar-refractivity contribution is 5.45. The average molecular weight is 259 g/mol. The van der Waals surface area contributed by atoms with Gasteiger partial charge in [0.15, 0.2) is 0 Å². The Morgan fingerprint density at radius 1 is 1.21 bits per heavy atom. The molecule has 1 heterocycles. The Kier molecular flexibility index (Phi) is 4.86. The molecule has 0 unspecified atom stereocenters. The summed E-state index contributed by atoms with van der Waals surface area (Å²) in [6.07, 6.45) is 1.79. The van der Waals surface area contributed by atoms with Crippen LogP contribution in [0.2, 0.25) is 0 Å². The summed E-state index contributed by atoms with van der Waals surface area (Å²) in [6, 6.07) is 12.5. The van der Waals surface area contributed by atoms with Gasteiger partial charge in [-0.3, -0.25) is 4.98 Å². The third-order valence-electron chi connectivity index (χ3n) is 2.91. The third kappa shape index (κ3) is 4.34. The molecule has 0 spiro atoms. The zero-order valence-electron chi connectivity index (χ0n) is 11.0. The lowest BCUT2D eigenvalue weighted by Crippen LogP contribution is -2.29. The molecule has 1 aromatic heterocycles. The monoisotopic (exact) mass is 259 g/mol. The minimum atomic E-state index is -0.203. The van der Waals surface area contributed by atoms with Gasteiger partial charge in [0, 0.05) is 38.6 Å². The molecule has 0 amide bonds. The first kappa shape index (κ1) is 13.5. The van der Waals surface area contributed by atoms with Crippen LogP contribution in [0.15, 0.2) is 48.7 Å². The van der Waals surface area contributed by atoms with Crippen molar-refractivity contribution in [3.63, 3.8) is 0 Å². The summed E-state index contributed by atoms with van der Waals surface area (Å²) in [5, 5.41) is 3.32. The van der Waals surface area contributed by atoms with E-state index in [1.54, 1.807) is 18.3 Å². The van der Waals surface area contributed by atoms with Crippen molar-refractivity contribution in [2.24, 2.45) is 0 Å². The number of nitrogens with zero attached hydrogens (tertiary/aromatic N) is 2. The molecular weight excluding hydrogens is 241 g/mol. The summed E-state index contributed by atoms with van der Waals surface area (Å²) >= 11 is 0. The van der Waals surface area contributed by atoms with E-state index in [2.05, 4.69) is 10.3 Å². The van der Waals surface area contributed by atoms with Crippen LogP contribution in [0.25, 0.3) is 0 Å². The Morgan fingerprint density at radius 3 is 2.84 bits per heavy atom. The van der Waals surface area contributed by atoms with Gasteiger partial charge in [0.1, 0.15) is 5.82 Å². The van der Waals surface area contributed by atoms with Crippen LogP contribution in [-0.2, 0) is 6.54 Å². The second kappa shape index (κ2) is 6.85. The van der Waals surface area contributed by atoms with E-state index in [0.29, 0.717) is 0 Å². The van der Waals surface area contributed by atoms with Gasteiger partial charge in [-0.05, 0) is 30.3 Å². The molecule has 2 rings (SSSR count). The van der Waals surface area contributed by atoms with Gasteiger partial charge in [-0.25, -0.2) is 4.39 Å². The predicted octanol–water partition coefficient (Wildman–Crippen LogP) is 2.45. The van der Waals surface area contributed by atoms with Crippen molar-refractivity contribution in [3.05, 3.63) is 60.2 Å². The SMILES string of the molecule is CN(CCNCc1ccccn1)c1cccc(F)c1. The summed E-state index contributed by atoms with van der Waals surface area (Å²) in [7, 11) is 1.96. The van der Waals surface area contributed by atoms with Crippen LogP contribution in [0.3, 0.4) is 0 Å². The van der Waals surface area contributed by atoms with E-state index < -0.39 is 0 Å². The molecule has 1 aromatic carbocycles. The topological polar surface area (TPSA) is 28.2 Å². The van der Waals surface area contributed by atoms with Gasteiger partial charge in [0.2, 0.25) is 0 Å². The molecule has 1 N–H and O–H groups in total. The average Bonchev–Trinajstić information content (AvgIpc) is 2.44. The maximum Gasteiger partial charge on any atom is 0.125 e. The number of hydrogen-bond acceptors (Lipinski definition) is 3. The molecule has 0 aliphatic carbocycles. The number of pyridine rings is 1. The van der Waals surface area contributed by atoms with E-state index >= 15 is 0 Å². The molecule has 0 saturated carbocycles. The van der Waals surface area contributed by atoms with Crippen molar-refractivity contribution in [3.8, 4) is 0 Å². The fourth-order valence-corrected chi connectivity index (χ4v) is 1.81. The number of hydrogen-bond donors (Lipinski definition) is 1. The molecule has 0 radical (unpaired) electrons. The van der Waals surface area contributed by atoms with Crippen LogP contribution >= 0.6 is 0 Å². The van der Waals surface area contributed by atoms with Gasteiger partial charge < -0.3 is 10.2 Å². The summed E-state index contributed by atoms with van der Waals surface area (Å²) < 4.78 is 13.1. The number of anilines is 1. The predicted molar refractivity (Wildman–Crippen MR) is 75.6 cm³/mol. The summed E-state index contributed by atoms with van der Waals surface area (Å²) in [6.45, 7) is 2.39. The molecule has 3 nitrogen and oxygen atoms in total. The molecule has 0 bridgehead atoms. The molecule has 0 fully saturated rings. The Hall–Kier alpha value is -1.94. The molecular formula is C15H18FN3. The maximum absolute atomic E-state index is 13.1. The lowest BCUT2D eigenvalue weighted by atomic mass is 10.3. The number of benzene rings is 1. The summed E-state index contributed by atoms with van der Waals surface area (Å²) in [5.41, 5.74) is 1.91. The first-order valence-corrected chi connectivity index (χ1v) is 6.33. The van der Waals surface area contributed by atoms with Crippen LogP contribution in [0.4, 0.5) is 10.1 Å². The van der Waals surface area contributed by atoms with E-state index in [0.717, 1.165) is 31.0 Å². The molecule has 4 heteroatoms. The first-order chi connectivity index (χ1) is 9.25. The van der Waals surface area contributed by atoms with E-state index in [-0.39, 0.29) is 5.82 Å². The summed E-state index contributed by atoms with van der Waals surface area (Å²) in [5.74, 6) is -0.203. The molecule has 2 aromatic rings. The van der Waals surface area contributed by atoms with Gasteiger partial charge >= 0.3 is 0 Å². The zero-order valence-corrected chi connectivity index (χ0v) is 11.0. The van der Waals surface area contributed by atoms with Crippen molar-refractivity contribution in [2.45, 2.75) is 6.54 Å². The van der Waals surface area contributed by atoms with Crippen LogP contribution in [0.1, 0.15) is 5.69 Å². The molecule has 0 saturated heterocycles. The Bertz CT molecular complexity index is 502. The standard InChI is InChI=1S/C15H18FN3/c1-19(15-7-4-5-13(16)11-15)10-9-17-12-14-6-2-3-8-18-14/h2-8,11,17H,9-10,12H2,1H3. The van der Waals surface area contributed by atoms with Crippen molar-refractivity contribution < 1.29 is 4.39 Å². The molecule has 19 heavy (non-hydrogen) atoms. The Morgan fingerprint density at radius 2 is 2.11 bits per heavy atom. The molecule has 0 atom stereocenters. The van der Waals surface area contributed by atoms with Crippen molar-refractivity contribution in [1.29, 1.82) is 0 Å². The normalized spacial score (nSPS) is 10.4. The lowest BCUT2D eigenvalue weighted by Gasteiger charge is -2.19. The van der Waals surface area contributed by atoms with E-state index in [9.17, 15) is 4.39 Å². The van der Waals surface area contributed by atoms with Crippen LogP contribution in [-0.4, -0.2) is 25.1 Å². The van der Waals surface area contributed by atoms with Crippen molar-refractivity contribution >= 4 is 5.69 Å². The van der Waals surface area contributed by atoms with Gasteiger partial charge in [0.05, 0.1) is 5.69 Å². The second-order valence-corrected chi connectivity index (χ2v) is 4.40. The fourth-order valence-electron chi connectivity index (χ4n) is 1.81. The molecule has 0 aliphatic heterocycles. The van der Waals surface area contributed by atoms with Gasteiger partial charge in [-0.2, -0.15) is 0 Å². The largest absolute Gasteiger partial charge is 0.373 e. The minimum absolute atomic E-state index is 0.203. The van der Waals surface area contributed by atoms with E-state index in [4.69, 9.17) is 0 Å². The van der Waals surface area contributed by atoms with Crippen LogP contribution in [0, 0.1) is 5.82 Å². The van der Waals surface area contributed by atoms with Crippen molar-refractivity contribution in [2.75, 3.05) is 25.0 Å². The third-order valence-corrected chi connectivity index (χ3v) is 2.91. The van der Waals surface area contributed by atoms with Gasteiger partial charge in [0.25, 0.3) is 0 Å². The number of rotatable bonds is 6. The van der Waals surface area contributed by atoms with Crippen LogP contribution < -0.4 is 10.2 Å². The van der Waals surface area contributed by atoms with Crippen molar-refractivity contribution in [1.82, 2.24) is 10.3 Å². The first-order valence-electron chi connectivity index (χ1n) is 6.33. The second-order valence-electron chi connectivity index (χ2n) is 4.40. The molecule has 0 aliphatic rings. The zero-order chi connectivity index (χ0) is 13.5. The highest BCUT2D eigenvalue weighted by Crippen LogP contribution is 2.12. The van der Waals surface area contributed by atoms with Crippen LogP contribution in [0.5, 0.6) is 0 Å². The Labute approximate surface area is 113 Å². The van der Waals surface area contributed by atoms with E-state index in [1.165, 1.54) is 6.07 Å². The van der Waals surface area contributed by atoms with E-state index in [1.807, 2.05) is 36.2 Å². The molecule has 100 valence electrons. The maximum atomic E-state index is 13.1. The highest BCUT2D eigenvalue weighted by atomic mass is 19.1. The van der Waals surface area contributed by atoms with Gasteiger partial charge in [-0.1, -0.05) is 12.1 Å². The smallest absolute Gasteiger partial charge is 0.125 e. The lowest BCUT2D eigenvalue weighted by molar-refractivity contribution is 0.625. The number of likely N-dealkylation sites (N-methyl/N-ethyl adjacent to an activating group) is 1. The quantitative estimate of drug-likeness (QED) is 0.808. The van der Waals surface area contributed by atoms with Gasteiger partial charge in [-0.15, -0.1) is 0 Å². The fraction of sp³-hybridized carbons (Fsp3) is 0.267. The Balaban J connectivity index is 1.74. The number of aromatic nitrogens is 1. The number of halogens is 1. The number of nitrogens with one attached hydrogen (secondary N) is 1. The highest BCUT2D eigenvalue weighted by Gasteiger charge is 2.01. The minimum Gasteiger partial charge on any atom is -0.373 e. The summed E-state index contributed by atoms with van der Waals surface area (Å²) in [4.78, 5) is 6.26.